The Kier molecular flexibility index (Phi) is 5.69. The largest absolute Gasteiger partial charge is 0.394 e. The number of rotatable bonds is 6. The molecule has 0 unspecified atom stereocenters. The van der Waals surface area contributed by atoms with E-state index < -0.39 is 4.92 Å². The van der Waals surface area contributed by atoms with Gasteiger partial charge in [0.15, 0.2) is 0 Å². The standard InChI is InChI=1S/C13H16N2O4/c1-2-11(9-16)14-13(17)8-7-10-5-3-4-6-12(10)15(18)19/h3-8,11,16H,2,9H2,1H3,(H,14,17)/b8-7+/t11-/m1/s1. The van der Waals surface area contributed by atoms with Crippen molar-refractivity contribution >= 4 is 17.7 Å². The SMILES string of the molecule is CC[C@H](CO)NC(=O)/C=C/c1ccccc1[N+](=O)[O-]. The van der Waals surface area contributed by atoms with Crippen LogP contribution in [0.5, 0.6) is 0 Å². The van der Waals surface area contributed by atoms with Crippen LogP contribution in [0.15, 0.2) is 30.3 Å². The number of carbonyl (C=O) groups excluding carboxylic acids is 1. The number of nitrogens with zero attached hydrogens (tertiary/aromatic N) is 1. The minimum absolute atomic E-state index is 0.0549. The molecule has 0 saturated carbocycles. The topological polar surface area (TPSA) is 92.5 Å². The Morgan fingerprint density at radius 3 is 2.79 bits per heavy atom. The number of benzene rings is 1. The minimum atomic E-state index is -0.500. The summed E-state index contributed by atoms with van der Waals surface area (Å²) in [5.74, 6) is -0.390. The number of amides is 1. The first-order valence-corrected chi connectivity index (χ1v) is 5.91. The lowest BCUT2D eigenvalue weighted by Crippen LogP contribution is -2.35. The predicted molar refractivity (Wildman–Crippen MR) is 71.4 cm³/mol. The van der Waals surface area contributed by atoms with Crippen molar-refractivity contribution in [3.05, 3.63) is 46.0 Å². The van der Waals surface area contributed by atoms with Crippen molar-refractivity contribution in [1.29, 1.82) is 0 Å². The molecule has 6 nitrogen and oxygen atoms in total. The number of aliphatic hydroxyl groups is 1. The lowest BCUT2D eigenvalue weighted by molar-refractivity contribution is -0.385. The molecule has 0 bridgehead atoms. The number of nitro benzene ring substituents is 1. The van der Waals surface area contributed by atoms with Crippen LogP contribution < -0.4 is 5.32 Å². The predicted octanol–water partition coefficient (Wildman–Crippen LogP) is 1.50. The summed E-state index contributed by atoms with van der Waals surface area (Å²) in [6.07, 6.45) is 3.22. The molecule has 0 heterocycles. The van der Waals surface area contributed by atoms with Crippen LogP contribution in [0.1, 0.15) is 18.9 Å². The minimum Gasteiger partial charge on any atom is -0.394 e. The van der Waals surface area contributed by atoms with Crippen molar-refractivity contribution in [2.24, 2.45) is 0 Å². The van der Waals surface area contributed by atoms with Gasteiger partial charge in [-0.1, -0.05) is 19.1 Å². The molecule has 1 aromatic rings. The van der Waals surface area contributed by atoms with Crippen molar-refractivity contribution in [3.8, 4) is 0 Å². The van der Waals surface area contributed by atoms with Gasteiger partial charge >= 0.3 is 0 Å². The maximum Gasteiger partial charge on any atom is 0.276 e. The third kappa shape index (κ3) is 4.51. The highest BCUT2D eigenvalue weighted by atomic mass is 16.6. The lowest BCUT2D eigenvalue weighted by Gasteiger charge is -2.11. The van der Waals surface area contributed by atoms with E-state index in [2.05, 4.69) is 5.32 Å². The van der Waals surface area contributed by atoms with Crippen molar-refractivity contribution < 1.29 is 14.8 Å². The lowest BCUT2D eigenvalue weighted by atomic mass is 10.1. The summed E-state index contributed by atoms with van der Waals surface area (Å²) in [6, 6.07) is 5.86. The second kappa shape index (κ2) is 7.27. The Morgan fingerprint density at radius 2 is 2.21 bits per heavy atom. The first-order valence-electron chi connectivity index (χ1n) is 5.91. The molecule has 1 rings (SSSR count). The molecule has 19 heavy (non-hydrogen) atoms. The van der Waals surface area contributed by atoms with Crippen LogP contribution in [-0.4, -0.2) is 28.6 Å². The summed E-state index contributed by atoms with van der Waals surface area (Å²) >= 11 is 0. The third-order valence-corrected chi connectivity index (χ3v) is 2.61. The van der Waals surface area contributed by atoms with Crippen LogP contribution in [-0.2, 0) is 4.79 Å². The number of carbonyl (C=O) groups is 1. The molecule has 1 amide bonds. The monoisotopic (exact) mass is 264 g/mol. The molecule has 0 saturated heterocycles. The van der Waals surface area contributed by atoms with Gasteiger partial charge in [0, 0.05) is 12.1 Å². The molecule has 1 atom stereocenters. The van der Waals surface area contributed by atoms with Gasteiger partial charge in [-0.05, 0) is 18.6 Å². The molecule has 0 fully saturated rings. The fourth-order valence-electron chi connectivity index (χ4n) is 1.49. The maximum absolute atomic E-state index is 11.5. The molecule has 0 radical (unpaired) electrons. The fourth-order valence-corrected chi connectivity index (χ4v) is 1.49. The van der Waals surface area contributed by atoms with Gasteiger partial charge in [-0.25, -0.2) is 0 Å². The van der Waals surface area contributed by atoms with Crippen molar-refractivity contribution in [1.82, 2.24) is 5.32 Å². The van der Waals surface area contributed by atoms with Crippen molar-refractivity contribution in [2.75, 3.05) is 6.61 Å². The first-order chi connectivity index (χ1) is 9.08. The van der Waals surface area contributed by atoms with Gasteiger partial charge in [0.2, 0.25) is 5.91 Å². The number of hydrogen-bond acceptors (Lipinski definition) is 4. The van der Waals surface area contributed by atoms with E-state index in [0.717, 1.165) is 0 Å². The fraction of sp³-hybridized carbons (Fsp3) is 0.308. The number of hydrogen-bond donors (Lipinski definition) is 2. The summed E-state index contributed by atoms with van der Waals surface area (Å²) in [7, 11) is 0. The van der Waals surface area contributed by atoms with Crippen LogP contribution >= 0.6 is 0 Å². The summed E-state index contributed by atoms with van der Waals surface area (Å²) in [6.45, 7) is 1.70. The second-order valence-corrected chi connectivity index (χ2v) is 3.95. The van der Waals surface area contributed by atoms with E-state index in [9.17, 15) is 14.9 Å². The van der Waals surface area contributed by atoms with E-state index in [-0.39, 0.29) is 24.2 Å². The summed E-state index contributed by atoms with van der Waals surface area (Å²) in [5.41, 5.74) is 0.306. The van der Waals surface area contributed by atoms with E-state index in [0.29, 0.717) is 12.0 Å². The van der Waals surface area contributed by atoms with Gasteiger partial charge in [-0.15, -0.1) is 0 Å². The Labute approximate surface area is 110 Å². The summed E-state index contributed by atoms with van der Waals surface area (Å²) in [5, 5.41) is 22.3. The molecule has 0 aliphatic carbocycles. The van der Waals surface area contributed by atoms with E-state index >= 15 is 0 Å². The molecule has 0 spiro atoms. The number of para-hydroxylation sites is 1. The van der Waals surface area contributed by atoms with Crippen LogP contribution in [0.2, 0.25) is 0 Å². The van der Waals surface area contributed by atoms with E-state index in [1.807, 2.05) is 6.92 Å². The molecular weight excluding hydrogens is 248 g/mol. The van der Waals surface area contributed by atoms with Gasteiger partial charge < -0.3 is 10.4 Å². The van der Waals surface area contributed by atoms with Crippen molar-refractivity contribution in [2.45, 2.75) is 19.4 Å². The van der Waals surface area contributed by atoms with E-state index in [1.165, 1.54) is 18.2 Å². The summed E-state index contributed by atoms with van der Waals surface area (Å²) < 4.78 is 0. The van der Waals surface area contributed by atoms with E-state index in [4.69, 9.17) is 5.11 Å². The smallest absolute Gasteiger partial charge is 0.276 e. The average molecular weight is 264 g/mol. The Morgan fingerprint density at radius 1 is 1.53 bits per heavy atom. The van der Waals surface area contributed by atoms with Gasteiger partial charge in [-0.3, -0.25) is 14.9 Å². The highest BCUT2D eigenvalue weighted by Crippen LogP contribution is 2.18. The quantitative estimate of drug-likeness (QED) is 0.462. The molecule has 6 heteroatoms. The number of nitro groups is 1. The zero-order valence-electron chi connectivity index (χ0n) is 10.6. The molecule has 0 aromatic heterocycles. The molecule has 2 N–H and O–H groups in total. The van der Waals surface area contributed by atoms with Gasteiger partial charge in [-0.2, -0.15) is 0 Å². The Hall–Kier alpha value is -2.21. The zero-order chi connectivity index (χ0) is 14.3. The highest BCUT2D eigenvalue weighted by molar-refractivity contribution is 5.92. The number of aliphatic hydroxyl groups excluding tert-OH is 1. The molecule has 0 aliphatic rings. The maximum atomic E-state index is 11.5. The third-order valence-electron chi connectivity index (χ3n) is 2.61. The van der Waals surface area contributed by atoms with E-state index in [1.54, 1.807) is 18.2 Å². The zero-order valence-corrected chi connectivity index (χ0v) is 10.6. The number of nitrogens with one attached hydrogen (secondary N) is 1. The molecule has 0 aliphatic heterocycles. The normalized spacial score (nSPS) is 12.3. The van der Waals surface area contributed by atoms with Gasteiger partial charge in [0.25, 0.3) is 5.69 Å². The van der Waals surface area contributed by atoms with Crippen molar-refractivity contribution in [3.63, 3.8) is 0 Å². The van der Waals surface area contributed by atoms with Crippen LogP contribution in [0.25, 0.3) is 6.08 Å². The second-order valence-electron chi connectivity index (χ2n) is 3.95. The molecule has 1 aromatic carbocycles. The molecule has 102 valence electrons. The van der Waals surface area contributed by atoms with Crippen LogP contribution in [0.3, 0.4) is 0 Å². The average Bonchev–Trinajstić information content (AvgIpc) is 2.42. The van der Waals surface area contributed by atoms with Crippen LogP contribution in [0, 0.1) is 10.1 Å². The Bertz CT molecular complexity index is 481. The van der Waals surface area contributed by atoms with Crippen LogP contribution in [0.4, 0.5) is 5.69 Å². The summed E-state index contributed by atoms with van der Waals surface area (Å²) in [4.78, 5) is 21.8. The van der Waals surface area contributed by atoms with Gasteiger partial charge in [0.1, 0.15) is 0 Å². The molecular formula is C13H16N2O4. The highest BCUT2D eigenvalue weighted by Gasteiger charge is 2.10. The van der Waals surface area contributed by atoms with Gasteiger partial charge in [0.05, 0.1) is 23.1 Å². The first kappa shape index (κ1) is 14.8. The Balaban J connectivity index is 2.76.